The van der Waals surface area contributed by atoms with Crippen LogP contribution < -0.4 is 10.6 Å². The Balaban J connectivity index is 2.04. The van der Waals surface area contributed by atoms with Gasteiger partial charge in [0.05, 0.1) is 12.4 Å². The fraction of sp³-hybridized carbons (Fsp3) is 0.267. The van der Waals surface area contributed by atoms with Gasteiger partial charge in [0.25, 0.3) is 5.91 Å². The van der Waals surface area contributed by atoms with Crippen LogP contribution in [0.4, 0.5) is 15.9 Å². The summed E-state index contributed by atoms with van der Waals surface area (Å²) in [6, 6.07) is 5.52. The van der Waals surface area contributed by atoms with E-state index < -0.39 is 5.91 Å². The van der Waals surface area contributed by atoms with E-state index in [0.717, 1.165) is 0 Å². The van der Waals surface area contributed by atoms with E-state index in [-0.39, 0.29) is 17.1 Å². The van der Waals surface area contributed by atoms with Gasteiger partial charge >= 0.3 is 0 Å². The first kappa shape index (κ1) is 14.9. The first-order valence-corrected chi connectivity index (χ1v) is 6.51. The molecule has 6 heteroatoms. The van der Waals surface area contributed by atoms with Crippen molar-refractivity contribution >= 4 is 17.4 Å². The van der Waals surface area contributed by atoms with Crippen LogP contribution in [0.15, 0.2) is 36.7 Å². The highest BCUT2D eigenvalue weighted by atomic mass is 19.1. The summed E-state index contributed by atoms with van der Waals surface area (Å²) in [5, 5.41) is 5.78. The van der Waals surface area contributed by atoms with Gasteiger partial charge in [-0.15, -0.1) is 0 Å². The first-order valence-electron chi connectivity index (χ1n) is 6.51. The minimum atomic E-state index is -0.392. The molecule has 0 saturated carbocycles. The molecule has 0 saturated heterocycles. The summed E-state index contributed by atoms with van der Waals surface area (Å²) < 4.78 is 12.8. The van der Waals surface area contributed by atoms with Gasteiger partial charge in [0.15, 0.2) is 0 Å². The lowest BCUT2D eigenvalue weighted by atomic mass is 10.1. The quantitative estimate of drug-likeness (QED) is 0.911. The minimum absolute atomic E-state index is 0.132. The van der Waals surface area contributed by atoms with Crippen molar-refractivity contribution in [2.45, 2.75) is 26.3 Å². The van der Waals surface area contributed by atoms with Gasteiger partial charge in [0, 0.05) is 11.2 Å². The van der Waals surface area contributed by atoms with Gasteiger partial charge < -0.3 is 10.6 Å². The highest BCUT2D eigenvalue weighted by molar-refractivity contribution is 6.02. The van der Waals surface area contributed by atoms with Crippen LogP contribution in [0.2, 0.25) is 0 Å². The summed E-state index contributed by atoms with van der Waals surface area (Å²) in [4.78, 5) is 20.2. The Labute approximate surface area is 122 Å². The van der Waals surface area contributed by atoms with Crippen LogP contribution in [-0.4, -0.2) is 21.4 Å². The average Bonchev–Trinajstić information content (AvgIpc) is 2.40. The number of halogens is 1. The first-order chi connectivity index (χ1) is 9.83. The zero-order valence-electron chi connectivity index (χ0n) is 12.1. The van der Waals surface area contributed by atoms with Crippen molar-refractivity contribution in [1.82, 2.24) is 9.97 Å². The van der Waals surface area contributed by atoms with E-state index in [1.807, 2.05) is 20.8 Å². The standard InChI is InChI=1S/C15H17FN4O/c1-15(2,3)20-13-9-17-12(8-18-13)14(21)19-11-6-4-10(16)5-7-11/h4-9H,1-3H3,(H,18,20)(H,19,21). The largest absolute Gasteiger partial charge is 0.364 e. The highest BCUT2D eigenvalue weighted by Gasteiger charge is 2.12. The average molecular weight is 288 g/mol. The molecule has 1 heterocycles. The van der Waals surface area contributed by atoms with Crippen molar-refractivity contribution in [3.8, 4) is 0 Å². The maximum Gasteiger partial charge on any atom is 0.275 e. The topological polar surface area (TPSA) is 66.9 Å². The van der Waals surface area contributed by atoms with E-state index in [2.05, 4.69) is 20.6 Å². The van der Waals surface area contributed by atoms with Gasteiger partial charge in [0.1, 0.15) is 17.3 Å². The number of carbonyl (C=O) groups excluding carboxylic acids is 1. The zero-order valence-corrected chi connectivity index (χ0v) is 12.1. The Morgan fingerprint density at radius 2 is 1.76 bits per heavy atom. The number of benzene rings is 1. The van der Waals surface area contributed by atoms with Crippen molar-refractivity contribution in [1.29, 1.82) is 0 Å². The van der Waals surface area contributed by atoms with Crippen molar-refractivity contribution < 1.29 is 9.18 Å². The minimum Gasteiger partial charge on any atom is -0.364 e. The molecule has 0 bridgehead atoms. The Bertz CT molecular complexity index is 618. The Morgan fingerprint density at radius 1 is 1.10 bits per heavy atom. The Kier molecular flexibility index (Phi) is 4.16. The number of hydrogen-bond acceptors (Lipinski definition) is 4. The maximum absolute atomic E-state index is 12.8. The van der Waals surface area contributed by atoms with E-state index in [4.69, 9.17) is 0 Å². The van der Waals surface area contributed by atoms with E-state index in [1.54, 1.807) is 0 Å². The number of aromatic nitrogens is 2. The summed E-state index contributed by atoms with van der Waals surface area (Å²) in [5.41, 5.74) is 0.561. The summed E-state index contributed by atoms with van der Waals surface area (Å²) in [5.74, 6) is -0.150. The van der Waals surface area contributed by atoms with E-state index in [1.165, 1.54) is 36.7 Å². The maximum atomic E-state index is 12.8. The van der Waals surface area contributed by atoms with Crippen molar-refractivity contribution in [2.24, 2.45) is 0 Å². The molecular formula is C15H17FN4O. The molecule has 0 spiro atoms. The van der Waals surface area contributed by atoms with Gasteiger partial charge in [-0.1, -0.05) is 0 Å². The number of carbonyl (C=O) groups is 1. The molecule has 21 heavy (non-hydrogen) atoms. The fourth-order valence-corrected chi connectivity index (χ4v) is 1.62. The van der Waals surface area contributed by atoms with Crippen LogP contribution in [0.25, 0.3) is 0 Å². The summed E-state index contributed by atoms with van der Waals surface area (Å²) >= 11 is 0. The number of nitrogens with zero attached hydrogens (tertiary/aromatic N) is 2. The predicted octanol–water partition coefficient (Wildman–Crippen LogP) is 3.08. The van der Waals surface area contributed by atoms with Gasteiger partial charge in [-0.25, -0.2) is 14.4 Å². The van der Waals surface area contributed by atoms with Crippen molar-refractivity contribution in [2.75, 3.05) is 10.6 Å². The van der Waals surface area contributed by atoms with Gasteiger partial charge in [-0.05, 0) is 45.0 Å². The van der Waals surface area contributed by atoms with Gasteiger partial charge in [-0.3, -0.25) is 4.79 Å². The normalized spacial score (nSPS) is 11.0. The smallest absolute Gasteiger partial charge is 0.275 e. The molecule has 0 aliphatic heterocycles. The van der Waals surface area contributed by atoms with Crippen LogP contribution >= 0.6 is 0 Å². The molecule has 1 aromatic heterocycles. The van der Waals surface area contributed by atoms with E-state index in [9.17, 15) is 9.18 Å². The number of nitrogens with one attached hydrogen (secondary N) is 2. The highest BCUT2D eigenvalue weighted by Crippen LogP contribution is 2.12. The SMILES string of the molecule is CC(C)(C)Nc1cnc(C(=O)Nc2ccc(F)cc2)cn1. The molecule has 2 N–H and O–H groups in total. The lowest BCUT2D eigenvalue weighted by molar-refractivity contribution is 0.102. The molecule has 5 nitrogen and oxygen atoms in total. The van der Waals surface area contributed by atoms with Crippen LogP contribution in [0.3, 0.4) is 0 Å². The lowest BCUT2D eigenvalue weighted by Crippen LogP contribution is -2.27. The Hall–Kier alpha value is -2.50. The third-order valence-corrected chi connectivity index (χ3v) is 2.49. The second kappa shape index (κ2) is 5.87. The second-order valence-electron chi connectivity index (χ2n) is 5.62. The summed E-state index contributed by atoms with van der Waals surface area (Å²) in [6.07, 6.45) is 2.90. The van der Waals surface area contributed by atoms with Crippen molar-refractivity contribution in [3.63, 3.8) is 0 Å². The third kappa shape index (κ3) is 4.52. The number of anilines is 2. The molecule has 0 aliphatic carbocycles. The molecule has 0 fully saturated rings. The molecular weight excluding hydrogens is 271 g/mol. The number of rotatable bonds is 3. The van der Waals surface area contributed by atoms with E-state index in [0.29, 0.717) is 11.5 Å². The Morgan fingerprint density at radius 3 is 2.29 bits per heavy atom. The molecule has 1 amide bonds. The molecule has 2 aromatic rings. The lowest BCUT2D eigenvalue weighted by Gasteiger charge is -2.20. The van der Waals surface area contributed by atoms with E-state index >= 15 is 0 Å². The summed E-state index contributed by atoms with van der Waals surface area (Å²) in [7, 11) is 0. The number of hydrogen-bond donors (Lipinski definition) is 2. The molecule has 0 aliphatic rings. The molecule has 110 valence electrons. The zero-order chi connectivity index (χ0) is 15.5. The molecule has 2 rings (SSSR count). The fourth-order valence-electron chi connectivity index (χ4n) is 1.62. The predicted molar refractivity (Wildman–Crippen MR) is 79.8 cm³/mol. The van der Waals surface area contributed by atoms with Crippen LogP contribution in [0.5, 0.6) is 0 Å². The van der Waals surface area contributed by atoms with Crippen molar-refractivity contribution in [3.05, 3.63) is 48.2 Å². The third-order valence-electron chi connectivity index (χ3n) is 2.49. The van der Waals surface area contributed by atoms with Crippen LogP contribution in [0, 0.1) is 5.82 Å². The number of amides is 1. The van der Waals surface area contributed by atoms with Crippen LogP contribution in [0.1, 0.15) is 31.3 Å². The van der Waals surface area contributed by atoms with Gasteiger partial charge in [-0.2, -0.15) is 0 Å². The molecule has 0 unspecified atom stereocenters. The monoisotopic (exact) mass is 288 g/mol. The summed E-state index contributed by atoms with van der Waals surface area (Å²) in [6.45, 7) is 6.01. The van der Waals surface area contributed by atoms with Crippen LogP contribution in [-0.2, 0) is 0 Å². The molecule has 0 radical (unpaired) electrons. The molecule has 0 atom stereocenters. The molecule has 1 aromatic carbocycles. The second-order valence-corrected chi connectivity index (χ2v) is 5.62. The van der Waals surface area contributed by atoms with Gasteiger partial charge in [0.2, 0.25) is 0 Å².